The molecule has 0 radical (unpaired) electrons. The number of carbonyl (C=O) groups is 1. The minimum Gasteiger partial charge on any atom is -0.467 e. The molecule has 3 nitrogen and oxygen atoms in total. The fourth-order valence-corrected chi connectivity index (χ4v) is 2.48. The van der Waals surface area contributed by atoms with Crippen molar-refractivity contribution in [2.75, 3.05) is 0 Å². The van der Waals surface area contributed by atoms with Crippen molar-refractivity contribution in [3.8, 4) is 0 Å². The van der Waals surface area contributed by atoms with Gasteiger partial charge in [0, 0.05) is 18.2 Å². The van der Waals surface area contributed by atoms with Crippen LogP contribution in [0.1, 0.15) is 16.9 Å². The molecule has 0 spiro atoms. The third-order valence-corrected chi connectivity index (χ3v) is 3.77. The first-order valence-electron chi connectivity index (χ1n) is 8.00. The summed E-state index contributed by atoms with van der Waals surface area (Å²) >= 11 is 0. The van der Waals surface area contributed by atoms with Gasteiger partial charge in [0.25, 0.3) is 0 Å². The number of rotatable bonds is 6. The smallest absolute Gasteiger partial charge is 0.247 e. The summed E-state index contributed by atoms with van der Waals surface area (Å²) in [6.07, 6.45) is 4.47. The molecule has 0 aliphatic heterocycles. The number of halogens is 1. The second-order valence-electron chi connectivity index (χ2n) is 5.61. The highest BCUT2D eigenvalue weighted by Crippen LogP contribution is 2.13. The van der Waals surface area contributed by atoms with Crippen LogP contribution in [0.3, 0.4) is 0 Å². The third kappa shape index (κ3) is 4.67. The summed E-state index contributed by atoms with van der Waals surface area (Å²) in [5.41, 5.74) is 1.40. The van der Waals surface area contributed by atoms with Crippen molar-refractivity contribution in [3.63, 3.8) is 0 Å². The lowest BCUT2D eigenvalue weighted by Crippen LogP contribution is -2.28. The molecule has 126 valence electrons. The fourth-order valence-electron chi connectivity index (χ4n) is 2.48. The molecule has 0 atom stereocenters. The Morgan fingerprint density at radius 3 is 2.44 bits per heavy atom. The molecule has 0 saturated heterocycles. The maximum Gasteiger partial charge on any atom is 0.247 e. The predicted octanol–water partition coefficient (Wildman–Crippen LogP) is 4.66. The van der Waals surface area contributed by atoms with Crippen LogP contribution < -0.4 is 0 Å². The van der Waals surface area contributed by atoms with Gasteiger partial charge >= 0.3 is 0 Å². The van der Waals surface area contributed by atoms with Crippen LogP contribution in [0.5, 0.6) is 0 Å². The van der Waals surface area contributed by atoms with Crippen molar-refractivity contribution >= 4 is 12.0 Å². The van der Waals surface area contributed by atoms with E-state index in [1.165, 1.54) is 18.2 Å². The van der Waals surface area contributed by atoms with Crippen molar-refractivity contribution in [1.82, 2.24) is 4.90 Å². The molecule has 0 fully saturated rings. The summed E-state index contributed by atoms with van der Waals surface area (Å²) in [5, 5.41) is 0. The molecular formula is C21H18FNO2. The zero-order valence-electron chi connectivity index (χ0n) is 13.6. The Bertz CT molecular complexity index is 841. The second kappa shape index (κ2) is 8.11. The van der Waals surface area contributed by atoms with E-state index < -0.39 is 0 Å². The number of carbonyl (C=O) groups excluding carboxylic acids is 1. The maximum absolute atomic E-state index is 13.7. The monoisotopic (exact) mass is 335 g/mol. The van der Waals surface area contributed by atoms with Crippen LogP contribution in [-0.4, -0.2) is 10.8 Å². The Morgan fingerprint density at radius 1 is 0.960 bits per heavy atom. The van der Waals surface area contributed by atoms with Crippen LogP contribution in [0.4, 0.5) is 4.39 Å². The van der Waals surface area contributed by atoms with Gasteiger partial charge < -0.3 is 9.32 Å². The molecule has 25 heavy (non-hydrogen) atoms. The standard InChI is InChI=1S/C21H18FNO2/c22-20-11-5-4-9-18(20)12-13-21(24)23(16-19-10-6-14-25-19)15-17-7-2-1-3-8-17/h1-14H,15-16H2/b13-12+. The number of amides is 1. The van der Waals surface area contributed by atoms with E-state index in [1.54, 1.807) is 35.4 Å². The molecular weight excluding hydrogens is 317 g/mol. The number of hydrogen-bond donors (Lipinski definition) is 0. The Kier molecular flexibility index (Phi) is 5.42. The Labute approximate surface area is 146 Å². The summed E-state index contributed by atoms with van der Waals surface area (Å²) in [7, 11) is 0. The topological polar surface area (TPSA) is 33.5 Å². The van der Waals surface area contributed by atoms with Crippen LogP contribution in [0, 0.1) is 5.82 Å². The average Bonchev–Trinajstić information content (AvgIpc) is 3.14. The van der Waals surface area contributed by atoms with E-state index in [-0.39, 0.29) is 11.7 Å². The number of benzene rings is 2. The molecule has 0 unspecified atom stereocenters. The molecule has 1 aromatic heterocycles. The molecule has 0 aliphatic rings. The van der Waals surface area contributed by atoms with Crippen molar-refractivity contribution in [3.05, 3.63) is 102 Å². The number of hydrogen-bond acceptors (Lipinski definition) is 2. The summed E-state index contributed by atoms with van der Waals surface area (Å²) < 4.78 is 19.1. The van der Waals surface area contributed by atoms with E-state index in [9.17, 15) is 9.18 Å². The van der Waals surface area contributed by atoms with Crippen LogP contribution in [0.15, 0.2) is 83.5 Å². The van der Waals surface area contributed by atoms with Gasteiger partial charge in [0.15, 0.2) is 0 Å². The molecule has 1 heterocycles. The highest BCUT2D eigenvalue weighted by molar-refractivity contribution is 5.91. The zero-order valence-corrected chi connectivity index (χ0v) is 13.6. The molecule has 0 bridgehead atoms. The van der Waals surface area contributed by atoms with Gasteiger partial charge in [0.1, 0.15) is 11.6 Å². The maximum atomic E-state index is 13.7. The third-order valence-electron chi connectivity index (χ3n) is 3.77. The number of nitrogens with zero attached hydrogens (tertiary/aromatic N) is 1. The van der Waals surface area contributed by atoms with Gasteiger partial charge in [-0.25, -0.2) is 4.39 Å². The SMILES string of the molecule is O=C(/C=C/c1ccccc1F)N(Cc1ccccc1)Cc1ccco1. The molecule has 3 rings (SSSR count). The normalized spacial score (nSPS) is 10.9. The van der Waals surface area contributed by atoms with Gasteiger partial charge in [-0.15, -0.1) is 0 Å². The Morgan fingerprint density at radius 2 is 1.72 bits per heavy atom. The van der Waals surface area contributed by atoms with Gasteiger partial charge in [-0.3, -0.25) is 4.79 Å². The minimum atomic E-state index is -0.354. The first-order valence-corrected chi connectivity index (χ1v) is 8.00. The van der Waals surface area contributed by atoms with Crippen molar-refractivity contribution in [2.45, 2.75) is 13.1 Å². The van der Waals surface area contributed by atoms with Gasteiger partial charge in [0.05, 0.1) is 12.8 Å². The summed E-state index contributed by atoms with van der Waals surface area (Å²) in [6.45, 7) is 0.796. The minimum absolute atomic E-state index is 0.205. The lowest BCUT2D eigenvalue weighted by molar-refractivity contribution is -0.127. The highest BCUT2D eigenvalue weighted by atomic mass is 19.1. The summed E-state index contributed by atoms with van der Waals surface area (Å²) in [4.78, 5) is 14.3. The van der Waals surface area contributed by atoms with E-state index in [0.717, 1.165) is 5.56 Å². The van der Waals surface area contributed by atoms with E-state index in [2.05, 4.69) is 0 Å². The van der Waals surface area contributed by atoms with Gasteiger partial charge in [0.2, 0.25) is 5.91 Å². The summed E-state index contributed by atoms with van der Waals surface area (Å²) in [6, 6.07) is 19.7. The molecule has 2 aromatic carbocycles. The Hall–Kier alpha value is -3.14. The first-order chi connectivity index (χ1) is 12.2. The molecule has 4 heteroatoms. The van der Waals surface area contributed by atoms with E-state index in [1.807, 2.05) is 36.4 Å². The van der Waals surface area contributed by atoms with E-state index in [4.69, 9.17) is 4.42 Å². The lowest BCUT2D eigenvalue weighted by Gasteiger charge is -2.20. The largest absolute Gasteiger partial charge is 0.467 e. The quantitative estimate of drug-likeness (QED) is 0.614. The molecule has 0 N–H and O–H groups in total. The zero-order chi connectivity index (χ0) is 17.5. The van der Waals surface area contributed by atoms with Crippen molar-refractivity contribution in [1.29, 1.82) is 0 Å². The highest BCUT2D eigenvalue weighted by Gasteiger charge is 2.13. The van der Waals surface area contributed by atoms with E-state index >= 15 is 0 Å². The van der Waals surface area contributed by atoms with Crippen LogP contribution >= 0.6 is 0 Å². The van der Waals surface area contributed by atoms with Crippen LogP contribution in [0.2, 0.25) is 0 Å². The molecule has 0 aliphatic carbocycles. The van der Waals surface area contributed by atoms with Crippen molar-refractivity contribution in [2.24, 2.45) is 0 Å². The average molecular weight is 335 g/mol. The van der Waals surface area contributed by atoms with Crippen molar-refractivity contribution < 1.29 is 13.6 Å². The van der Waals surface area contributed by atoms with Crippen LogP contribution in [-0.2, 0) is 17.9 Å². The van der Waals surface area contributed by atoms with E-state index in [0.29, 0.717) is 24.4 Å². The second-order valence-corrected chi connectivity index (χ2v) is 5.61. The first kappa shape index (κ1) is 16.7. The lowest BCUT2D eigenvalue weighted by atomic mass is 10.2. The summed E-state index contributed by atoms with van der Waals surface area (Å²) in [5.74, 6) is 0.138. The predicted molar refractivity (Wildman–Crippen MR) is 94.8 cm³/mol. The number of furan rings is 1. The van der Waals surface area contributed by atoms with Crippen LogP contribution in [0.25, 0.3) is 6.08 Å². The fraction of sp³-hybridized carbons (Fsp3) is 0.0952. The van der Waals surface area contributed by atoms with Gasteiger partial charge in [-0.05, 0) is 29.8 Å². The molecule has 1 amide bonds. The molecule has 0 saturated carbocycles. The molecule has 3 aromatic rings. The van der Waals surface area contributed by atoms with Gasteiger partial charge in [-0.2, -0.15) is 0 Å². The Balaban J connectivity index is 1.77. The van der Waals surface area contributed by atoms with Gasteiger partial charge in [-0.1, -0.05) is 48.5 Å².